The van der Waals surface area contributed by atoms with Gasteiger partial charge in [-0.15, -0.1) is 0 Å². The first-order valence-electron chi connectivity index (χ1n) is 24.9. The molecule has 1 saturated carbocycles. The highest BCUT2D eigenvalue weighted by Crippen LogP contribution is 2.52. The Balaban J connectivity index is 1.19. The minimum Gasteiger partial charge on any atom is -0.504 e. The second kappa shape index (κ2) is 22.7. The summed E-state index contributed by atoms with van der Waals surface area (Å²) in [7, 11) is 1.41. The number of carbonyl (C=O) groups excluding carboxylic acids is 2. The van der Waals surface area contributed by atoms with Gasteiger partial charge in [0, 0.05) is 31.8 Å². The molecule has 14 nitrogen and oxygen atoms in total. The summed E-state index contributed by atoms with van der Waals surface area (Å²) in [6.45, 7) is 8.05. The van der Waals surface area contributed by atoms with Crippen molar-refractivity contribution in [3.05, 3.63) is 88.5 Å². The van der Waals surface area contributed by atoms with Crippen LogP contribution in [0.15, 0.2) is 66.3 Å². The fraction of sp³-hybridized carbons (Fsp3) is 0.630. The number of aromatic hydroxyl groups is 1. The summed E-state index contributed by atoms with van der Waals surface area (Å²) < 4.78 is 24.0. The van der Waals surface area contributed by atoms with Gasteiger partial charge in [-0.05, 0) is 159 Å². The zero-order chi connectivity index (χ0) is 48.9. The van der Waals surface area contributed by atoms with E-state index >= 15 is 0 Å². The van der Waals surface area contributed by atoms with Gasteiger partial charge in [-0.2, -0.15) is 0 Å². The third-order valence-electron chi connectivity index (χ3n) is 15.4. The van der Waals surface area contributed by atoms with Crippen LogP contribution in [-0.4, -0.2) is 123 Å². The van der Waals surface area contributed by atoms with Crippen molar-refractivity contribution in [3.8, 4) is 11.5 Å². The molecule has 0 spiro atoms. The van der Waals surface area contributed by atoms with Crippen LogP contribution < -0.4 is 10.1 Å². The Bertz CT molecular complexity index is 2140. The van der Waals surface area contributed by atoms with E-state index in [2.05, 4.69) is 38.2 Å². The van der Waals surface area contributed by atoms with Gasteiger partial charge in [0.2, 0.25) is 5.79 Å². The SMILES string of the molecule is COc1cc(C=C(CC2c3cc(CCO)ccc3CCC2CO)C(=O)OC2C(OC(=O)CCC3C4C=CC(CC4C)C3CC(O)CCC(C)C)C(O)C3OC2(O)C=CC3NCC(C)O)ccc1O. The molecule has 8 N–H and O–H groups in total. The zero-order valence-corrected chi connectivity index (χ0v) is 40.3. The number of aliphatic hydroxyl groups excluding tert-OH is 5. The molecule has 4 aliphatic carbocycles. The highest BCUT2D eigenvalue weighted by molar-refractivity contribution is 5.94. The van der Waals surface area contributed by atoms with Gasteiger partial charge in [-0.3, -0.25) is 4.79 Å². The van der Waals surface area contributed by atoms with Crippen molar-refractivity contribution in [3.63, 3.8) is 0 Å². The van der Waals surface area contributed by atoms with Gasteiger partial charge in [0.1, 0.15) is 12.2 Å². The maximum absolute atomic E-state index is 15.0. The lowest BCUT2D eigenvalue weighted by atomic mass is 9.56. The van der Waals surface area contributed by atoms with Crippen molar-refractivity contribution < 1.29 is 64.3 Å². The summed E-state index contributed by atoms with van der Waals surface area (Å²) in [4.78, 5) is 29.2. The van der Waals surface area contributed by atoms with E-state index in [0.717, 1.165) is 29.5 Å². The highest BCUT2D eigenvalue weighted by Gasteiger charge is 2.60. The number of rotatable bonds is 21. The molecule has 2 fully saturated rings. The molecule has 2 aliphatic heterocycles. The topological polar surface area (TPSA) is 225 Å². The molecule has 0 amide bonds. The van der Waals surface area contributed by atoms with Crippen molar-refractivity contribution >= 4 is 18.0 Å². The lowest BCUT2D eigenvalue weighted by molar-refractivity contribution is -0.333. The van der Waals surface area contributed by atoms with Gasteiger partial charge in [0.25, 0.3) is 0 Å². The molecule has 68 heavy (non-hydrogen) atoms. The summed E-state index contributed by atoms with van der Waals surface area (Å²) >= 11 is 0. The van der Waals surface area contributed by atoms with E-state index in [-0.39, 0.29) is 79.3 Å². The minimum absolute atomic E-state index is 0.0177. The Kier molecular flexibility index (Phi) is 17.3. The standard InChI is InChI=1S/C54H75NO13/c1-30(2)6-13-39(59)27-44-36-12-14-40(31(3)22-36)41(44)15-17-48(61)66-51-49(62)50-45(55-28-32(4)58)18-20-54(64,68-50)52(51)67-53(63)38(23-34-8-16-46(60)47(25-34)65-5)26-43-37(29-57)11-10-35-9-7-33(19-21-56)24-42(35)43/h7-9,12,14,16,18,20,23-25,30-32,36-37,39-41,43-45,49-52,55-60,62,64H,6,10-11,13,15,17,19,21-22,26-29H2,1-5H3. The number of aryl methyl sites for hydroxylation is 1. The molecule has 2 heterocycles. The number of esters is 2. The number of methoxy groups -OCH3 is 1. The minimum atomic E-state index is -2.36. The second-order valence-corrected chi connectivity index (χ2v) is 20.7. The third kappa shape index (κ3) is 11.9. The number of hydrogen-bond acceptors (Lipinski definition) is 14. The number of phenols is 1. The van der Waals surface area contributed by atoms with Crippen molar-refractivity contribution in [1.82, 2.24) is 5.32 Å². The van der Waals surface area contributed by atoms with Gasteiger partial charge in [0.05, 0.1) is 25.4 Å². The smallest absolute Gasteiger partial charge is 0.334 e. The van der Waals surface area contributed by atoms with Crippen LogP contribution in [0.2, 0.25) is 0 Å². The zero-order valence-electron chi connectivity index (χ0n) is 40.3. The first-order chi connectivity index (χ1) is 32.5. The van der Waals surface area contributed by atoms with E-state index in [1.165, 1.54) is 19.3 Å². The Morgan fingerprint density at radius 1 is 1.01 bits per heavy atom. The van der Waals surface area contributed by atoms with Crippen LogP contribution in [0.25, 0.3) is 6.08 Å². The molecule has 0 radical (unpaired) electrons. The molecule has 15 unspecified atom stereocenters. The molecular formula is C54H75NO13. The van der Waals surface area contributed by atoms with Crippen molar-refractivity contribution in [2.45, 2.75) is 146 Å². The molecule has 15 atom stereocenters. The number of carbonyl (C=O) groups is 2. The van der Waals surface area contributed by atoms with Gasteiger partial charge in [-0.1, -0.05) is 63.3 Å². The van der Waals surface area contributed by atoms with E-state index in [9.17, 15) is 45.3 Å². The molecule has 1 saturated heterocycles. The first kappa shape index (κ1) is 51.7. The lowest BCUT2D eigenvalue weighted by Crippen LogP contribution is -2.71. The van der Waals surface area contributed by atoms with E-state index in [1.807, 2.05) is 18.2 Å². The Labute approximate surface area is 401 Å². The van der Waals surface area contributed by atoms with Crippen molar-refractivity contribution in [1.29, 1.82) is 0 Å². The fourth-order valence-electron chi connectivity index (χ4n) is 11.7. The first-order valence-corrected chi connectivity index (χ1v) is 24.9. The van der Waals surface area contributed by atoms with Gasteiger partial charge in [-0.25, -0.2) is 4.79 Å². The lowest BCUT2D eigenvalue weighted by Gasteiger charge is -2.51. The number of ether oxygens (including phenoxy) is 4. The number of aliphatic hydroxyl groups is 6. The van der Waals surface area contributed by atoms with Crippen LogP contribution in [0.3, 0.4) is 0 Å². The fourth-order valence-corrected chi connectivity index (χ4v) is 11.7. The molecule has 6 aliphatic rings. The largest absolute Gasteiger partial charge is 0.504 e. The number of benzene rings is 2. The van der Waals surface area contributed by atoms with E-state index in [0.29, 0.717) is 61.8 Å². The van der Waals surface area contributed by atoms with Crippen LogP contribution in [-0.2, 0) is 36.6 Å². The van der Waals surface area contributed by atoms with Gasteiger partial charge in [0.15, 0.2) is 23.7 Å². The second-order valence-electron chi connectivity index (χ2n) is 20.7. The number of hydrogen-bond donors (Lipinski definition) is 8. The molecule has 4 bridgehead atoms. The summed E-state index contributed by atoms with van der Waals surface area (Å²) in [5, 5.41) is 79.7. The van der Waals surface area contributed by atoms with Crippen molar-refractivity contribution in [2.75, 3.05) is 26.9 Å². The normalized spacial score (nSPS) is 32.7. The van der Waals surface area contributed by atoms with Crippen LogP contribution in [0.5, 0.6) is 11.5 Å². The molecule has 2 aromatic carbocycles. The van der Waals surface area contributed by atoms with Crippen LogP contribution in [0, 0.1) is 41.4 Å². The van der Waals surface area contributed by atoms with E-state index < -0.39 is 60.4 Å². The maximum Gasteiger partial charge on any atom is 0.334 e. The Morgan fingerprint density at radius 2 is 1.81 bits per heavy atom. The monoisotopic (exact) mass is 946 g/mol. The summed E-state index contributed by atoms with van der Waals surface area (Å²) in [6, 6.07) is 9.89. The number of fused-ring (bicyclic) bond motifs is 5. The van der Waals surface area contributed by atoms with Crippen molar-refractivity contribution in [2.24, 2.45) is 41.4 Å². The summed E-state index contributed by atoms with van der Waals surface area (Å²) in [6.07, 6.45) is 7.32. The average Bonchev–Trinajstić information content (AvgIpc) is 3.31. The van der Waals surface area contributed by atoms with Crippen LogP contribution in [0.4, 0.5) is 0 Å². The molecule has 0 aromatic heterocycles. The molecule has 8 rings (SSSR count). The van der Waals surface area contributed by atoms with Crippen LogP contribution in [0.1, 0.15) is 107 Å². The quantitative estimate of drug-likeness (QED) is 0.0454. The molecule has 374 valence electrons. The summed E-state index contributed by atoms with van der Waals surface area (Å²) in [5.41, 5.74) is 3.50. The van der Waals surface area contributed by atoms with Crippen LogP contribution >= 0.6 is 0 Å². The Hall–Kier alpha value is -4.12. The predicted octanol–water partition coefficient (Wildman–Crippen LogP) is 5.27. The van der Waals surface area contributed by atoms with Gasteiger partial charge < -0.3 is 60.0 Å². The highest BCUT2D eigenvalue weighted by atomic mass is 16.7. The third-order valence-corrected chi connectivity index (χ3v) is 15.4. The maximum atomic E-state index is 15.0. The van der Waals surface area contributed by atoms with E-state index in [1.54, 1.807) is 31.2 Å². The van der Waals surface area contributed by atoms with Gasteiger partial charge >= 0.3 is 11.9 Å². The Morgan fingerprint density at radius 3 is 2.51 bits per heavy atom. The molecule has 14 heteroatoms. The predicted molar refractivity (Wildman–Crippen MR) is 255 cm³/mol. The molecular weight excluding hydrogens is 871 g/mol. The number of allylic oxidation sites excluding steroid dienone is 2. The molecule has 2 aromatic rings. The summed E-state index contributed by atoms with van der Waals surface area (Å²) in [5.74, 6) is -2.77. The average molecular weight is 946 g/mol. The van der Waals surface area contributed by atoms with E-state index in [4.69, 9.17) is 18.9 Å². The number of nitrogens with one attached hydrogen (secondary N) is 1. The number of phenolic OH excluding ortho intramolecular Hbond substituents is 1.